The van der Waals surface area contributed by atoms with Crippen LogP contribution in [0.5, 0.6) is 17.4 Å². The molecule has 3 fully saturated rings. The zero-order valence-corrected chi connectivity index (χ0v) is 33.8. The van der Waals surface area contributed by atoms with Crippen molar-refractivity contribution in [3.8, 4) is 17.4 Å². The molecule has 4 aliphatic rings. The highest BCUT2D eigenvalue weighted by atomic mass is 32.2. The highest BCUT2D eigenvalue weighted by molar-refractivity contribution is 7.91. The van der Waals surface area contributed by atoms with Gasteiger partial charge in [-0.05, 0) is 77.5 Å². The van der Waals surface area contributed by atoms with E-state index in [-0.39, 0.29) is 25.1 Å². The Morgan fingerprint density at radius 2 is 1.89 bits per heavy atom. The van der Waals surface area contributed by atoms with Crippen LogP contribution in [0, 0.1) is 12.8 Å². The minimum absolute atomic E-state index is 0.0228. The lowest BCUT2D eigenvalue weighted by Gasteiger charge is -2.30. The second kappa shape index (κ2) is 15.6. The molecular formula is C40H51N7O9S. The number of amides is 4. The Morgan fingerprint density at radius 1 is 1.11 bits per heavy atom. The van der Waals surface area contributed by atoms with Crippen LogP contribution in [0.1, 0.15) is 87.7 Å². The van der Waals surface area contributed by atoms with E-state index in [4.69, 9.17) is 19.2 Å². The van der Waals surface area contributed by atoms with Gasteiger partial charge in [-0.3, -0.25) is 28.6 Å². The van der Waals surface area contributed by atoms with Crippen molar-refractivity contribution < 1.29 is 41.8 Å². The van der Waals surface area contributed by atoms with Crippen LogP contribution in [-0.2, 0) is 31.5 Å². The van der Waals surface area contributed by atoms with Crippen molar-refractivity contribution in [2.45, 2.75) is 107 Å². The Bertz CT molecular complexity index is 2220. The third-order valence-electron chi connectivity index (χ3n) is 11.7. The summed E-state index contributed by atoms with van der Waals surface area (Å²) in [5.41, 5.74) is -0.00940. The Kier molecular flexibility index (Phi) is 11.0. The lowest BCUT2D eigenvalue weighted by Crippen LogP contribution is -2.58. The molecular weight excluding hydrogens is 755 g/mol. The molecule has 306 valence electrons. The second-order valence-electron chi connectivity index (χ2n) is 15.8. The first-order valence-corrected chi connectivity index (χ1v) is 21.1. The standard InChI is InChI=1S/C40H51N7O9S/c1-6-55-33-21-32(27-14-15-31(54-5)24(2)34(27)42-33)56-26-20-30-36(49)43-40(38(51)45-57(52,53)39(3)17-18-39)22-25(40)12-10-8-7-9-11-13-29(37(50)47(30)23-26)41-35(48)28-16-19-46(4)44-28/h10,12,14-16,19,21,25-26,29-30H,6-9,11,13,17-18,20,22-23H2,1-5H3,(H,41,48)(H,43,49)(H,45,51). The quantitative estimate of drug-likeness (QED) is 0.254. The van der Waals surface area contributed by atoms with E-state index in [9.17, 15) is 27.6 Å². The van der Waals surface area contributed by atoms with Crippen LogP contribution < -0.4 is 29.6 Å². The fourth-order valence-corrected chi connectivity index (χ4v) is 9.10. The number of pyridine rings is 1. The molecule has 4 heterocycles. The number of ether oxygens (including phenoxy) is 3. The summed E-state index contributed by atoms with van der Waals surface area (Å²) in [6.07, 6.45) is 9.01. The predicted molar refractivity (Wildman–Crippen MR) is 209 cm³/mol. The smallest absolute Gasteiger partial charge is 0.272 e. The fraction of sp³-hybridized carbons (Fsp3) is 0.550. The van der Waals surface area contributed by atoms with Crippen molar-refractivity contribution in [1.82, 2.24) is 35.0 Å². The van der Waals surface area contributed by atoms with Crippen molar-refractivity contribution in [2.24, 2.45) is 13.0 Å². The van der Waals surface area contributed by atoms with Gasteiger partial charge in [0.1, 0.15) is 40.9 Å². The molecule has 1 aromatic carbocycles. The van der Waals surface area contributed by atoms with E-state index in [1.54, 1.807) is 39.4 Å². The molecule has 57 heavy (non-hydrogen) atoms. The average molecular weight is 806 g/mol. The van der Waals surface area contributed by atoms with Crippen LogP contribution in [0.4, 0.5) is 0 Å². The topological polar surface area (TPSA) is 200 Å². The minimum atomic E-state index is -4.00. The molecule has 2 saturated carbocycles. The van der Waals surface area contributed by atoms with Gasteiger partial charge >= 0.3 is 0 Å². The molecule has 1 saturated heterocycles. The SMILES string of the molecule is CCOc1cc(OC2CC3C(=O)NC4(C(=O)NS(=O)(=O)C5(C)CC5)CC4C=CCCCCCC(NC(=O)c4ccn(C)n4)C(=O)N3C2)c2ccc(OC)c(C)c2n1. The number of methoxy groups -OCH3 is 1. The van der Waals surface area contributed by atoms with Crippen LogP contribution in [0.3, 0.4) is 0 Å². The van der Waals surface area contributed by atoms with Crippen molar-refractivity contribution in [1.29, 1.82) is 0 Å². The summed E-state index contributed by atoms with van der Waals surface area (Å²) < 4.78 is 47.1. The number of nitrogens with one attached hydrogen (secondary N) is 3. The number of nitrogens with zero attached hydrogens (tertiary/aromatic N) is 4. The Labute approximate surface area is 332 Å². The van der Waals surface area contributed by atoms with Crippen LogP contribution in [0.25, 0.3) is 10.9 Å². The summed E-state index contributed by atoms with van der Waals surface area (Å²) >= 11 is 0. The van der Waals surface area contributed by atoms with Gasteiger partial charge in [0.2, 0.25) is 27.7 Å². The molecule has 16 nitrogen and oxygen atoms in total. The van der Waals surface area contributed by atoms with Gasteiger partial charge in [-0.25, -0.2) is 13.4 Å². The number of hydrogen-bond donors (Lipinski definition) is 3. The molecule has 3 N–H and O–H groups in total. The van der Waals surface area contributed by atoms with Gasteiger partial charge in [0.15, 0.2) is 0 Å². The van der Waals surface area contributed by atoms with E-state index in [1.165, 1.54) is 9.58 Å². The largest absolute Gasteiger partial charge is 0.496 e. The minimum Gasteiger partial charge on any atom is -0.496 e. The number of benzene rings is 1. The Hall–Kier alpha value is -5.19. The molecule has 5 atom stereocenters. The monoisotopic (exact) mass is 805 g/mol. The summed E-state index contributed by atoms with van der Waals surface area (Å²) in [5.74, 6) is -1.50. The van der Waals surface area contributed by atoms with E-state index < -0.39 is 68.0 Å². The zero-order valence-electron chi connectivity index (χ0n) is 33.0. The maximum atomic E-state index is 14.7. The van der Waals surface area contributed by atoms with Crippen molar-refractivity contribution >= 4 is 44.6 Å². The normalized spacial score (nSPS) is 25.9. The number of carbonyl (C=O) groups is 4. The van der Waals surface area contributed by atoms with Crippen LogP contribution in [-0.4, -0.2) is 100 Å². The lowest BCUT2D eigenvalue weighted by molar-refractivity contribution is -0.141. The van der Waals surface area contributed by atoms with Crippen LogP contribution >= 0.6 is 0 Å². The number of aryl methyl sites for hydroxylation is 2. The van der Waals surface area contributed by atoms with Crippen molar-refractivity contribution in [3.63, 3.8) is 0 Å². The number of fused-ring (bicyclic) bond motifs is 3. The summed E-state index contributed by atoms with van der Waals surface area (Å²) in [4.78, 5) is 62.7. The fourth-order valence-electron chi connectivity index (χ4n) is 7.79. The number of sulfonamides is 1. The van der Waals surface area contributed by atoms with Gasteiger partial charge < -0.3 is 29.7 Å². The molecule has 2 aliphatic carbocycles. The summed E-state index contributed by atoms with van der Waals surface area (Å²) in [7, 11) is -0.739. The van der Waals surface area contributed by atoms with Crippen molar-refractivity contribution in [2.75, 3.05) is 20.3 Å². The zero-order chi connectivity index (χ0) is 40.7. The van der Waals surface area contributed by atoms with E-state index in [1.807, 2.05) is 38.1 Å². The molecule has 7 rings (SSSR count). The van der Waals surface area contributed by atoms with Gasteiger partial charge in [-0.15, -0.1) is 0 Å². The summed E-state index contributed by atoms with van der Waals surface area (Å²) in [5, 5.41) is 10.7. The second-order valence-corrected chi connectivity index (χ2v) is 18.0. The Morgan fingerprint density at radius 3 is 2.60 bits per heavy atom. The lowest BCUT2D eigenvalue weighted by atomic mass is 10.0. The highest BCUT2D eigenvalue weighted by Gasteiger charge is 2.63. The first-order chi connectivity index (χ1) is 27.2. The number of carbonyl (C=O) groups excluding carboxylic acids is 4. The third-order valence-corrected chi connectivity index (χ3v) is 13.8. The number of rotatable bonds is 10. The molecule has 4 amide bonds. The summed E-state index contributed by atoms with van der Waals surface area (Å²) in [6.45, 7) is 5.64. The molecule has 0 bridgehead atoms. The Balaban J connectivity index is 1.23. The molecule has 2 aromatic heterocycles. The van der Waals surface area contributed by atoms with E-state index in [2.05, 4.69) is 20.5 Å². The van der Waals surface area contributed by atoms with Crippen LogP contribution in [0.15, 0.2) is 42.6 Å². The first-order valence-electron chi connectivity index (χ1n) is 19.6. The molecule has 5 unspecified atom stereocenters. The van der Waals surface area contributed by atoms with Gasteiger partial charge in [-0.2, -0.15) is 5.10 Å². The van der Waals surface area contributed by atoms with Gasteiger partial charge in [0.25, 0.3) is 11.8 Å². The number of aromatic nitrogens is 3. The molecule has 17 heteroatoms. The molecule has 2 aliphatic heterocycles. The maximum Gasteiger partial charge on any atom is 0.272 e. The van der Waals surface area contributed by atoms with E-state index >= 15 is 0 Å². The summed E-state index contributed by atoms with van der Waals surface area (Å²) in [6, 6.07) is 4.75. The molecule has 3 aromatic rings. The molecule has 0 spiro atoms. The molecule has 0 radical (unpaired) electrons. The number of hydrogen-bond acceptors (Lipinski definition) is 11. The predicted octanol–water partition coefficient (Wildman–Crippen LogP) is 3.22. The number of allylic oxidation sites excluding steroid dienone is 1. The van der Waals surface area contributed by atoms with E-state index in [0.717, 1.165) is 18.4 Å². The van der Waals surface area contributed by atoms with Crippen molar-refractivity contribution in [3.05, 3.63) is 53.9 Å². The van der Waals surface area contributed by atoms with E-state index in [0.29, 0.717) is 67.0 Å². The first kappa shape index (κ1) is 40.0. The van der Waals surface area contributed by atoms with Gasteiger partial charge in [-0.1, -0.05) is 25.0 Å². The van der Waals surface area contributed by atoms with Gasteiger partial charge in [0, 0.05) is 42.6 Å². The van der Waals surface area contributed by atoms with Gasteiger partial charge in [0.05, 0.1) is 30.5 Å². The van der Waals surface area contributed by atoms with Crippen LogP contribution in [0.2, 0.25) is 0 Å². The third kappa shape index (κ3) is 8.03. The average Bonchev–Trinajstić information content (AvgIpc) is 3.97. The maximum absolute atomic E-state index is 14.7. The highest BCUT2D eigenvalue weighted by Crippen LogP contribution is 2.47.